The molecule has 0 heterocycles. The molecule has 0 aromatic carbocycles. The van der Waals surface area contributed by atoms with E-state index < -0.39 is 9.05 Å². The summed E-state index contributed by atoms with van der Waals surface area (Å²) in [5, 5.41) is 7.21. The number of hydrogen-bond donors (Lipinski definition) is 4. The van der Waals surface area contributed by atoms with Gasteiger partial charge in [-0.2, -0.15) is 4.58 Å². The van der Waals surface area contributed by atoms with Crippen molar-refractivity contribution in [3.05, 3.63) is 0 Å². The van der Waals surface area contributed by atoms with Gasteiger partial charge in [0.2, 0.25) is 0 Å². The summed E-state index contributed by atoms with van der Waals surface area (Å²) in [5.74, 6) is 0. The Morgan fingerprint density at radius 1 is 1.29 bits per heavy atom. The van der Waals surface area contributed by atoms with E-state index in [9.17, 15) is 0 Å². The second kappa shape index (κ2) is 3.74. The predicted octanol–water partition coefficient (Wildman–Crippen LogP) is -2.27. The van der Waals surface area contributed by atoms with Crippen molar-refractivity contribution in [2.75, 3.05) is 0 Å². The zero-order valence-corrected chi connectivity index (χ0v) is 5.82. The van der Waals surface area contributed by atoms with Gasteiger partial charge in [0.15, 0.2) is 0 Å². The quantitative estimate of drug-likeness (QED) is 0.186. The van der Waals surface area contributed by atoms with Crippen LogP contribution < -0.4 is 0 Å². The summed E-state index contributed by atoms with van der Waals surface area (Å²) in [6.45, 7) is 0. The Kier molecular flexibility index (Phi) is 5.73. The maximum Gasteiger partial charge on any atom is 2.00 e. The Labute approximate surface area is 59.7 Å². The van der Waals surface area contributed by atoms with E-state index in [0.29, 0.717) is 0 Å². The van der Waals surface area contributed by atoms with Gasteiger partial charge in [0.1, 0.15) is 0 Å². The molecule has 0 fully saturated rings. The third-order valence-electron chi connectivity index (χ3n) is 0.122. The molecule has 0 aromatic rings. The average Bonchev–Trinajstić information content (AvgIpc) is 1.35. The Morgan fingerprint density at radius 2 is 1.43 bits per heavy atom. The van der Waals surface area contributed by atoms with Crippen LogP contribution in [-0.2, 0) is 4.58 Å². The van der Waals surface area contributed by atoms with Crippen molar-refractivity contribution >= 4 is 32.1 Å². The molecule has 0 atom stereocenters. The minimum absolute atomic E-state index is 0. The van der Waals surface area contributed by atoms with Crippen molar-refractivity contribution in [3.8, 4) is 0 Å². The van der Waals surface area contributed by atoms with Crippen LogP contribution >= 0.6 is 0 Å². The van der Waals surface area contributed by atoms with E-state index in [2.05, 4.69) is 4.58 Å². The van der Waals surface area contributed by atoms with Crippen LogP contribution in [0.15, 0.2) is 0 Å². The number of rotatable bonds is 1. The molecule has 4 N–H and O–H groups in total. The van der Waals surface area contributed by atoms with E-state index in [1.54, 1.807) is 0 Å². The number of hydrogen-bond acceptors (Lipinski definition) is 5. The van der Waals surface area contributed by atoms with Gasteiger partial charge in [0, 0.05) is 0 Å². The average molecular weight is 138 g/mol. The first kappa shape index (κ1) is 10.7. The van der Waals surface area contributed by atoms with E-state index in [0.717, 1.165) is 0 Å². The van der Waals surface area contributed by atoms with Crippen LogP contribution in [0.4, 0.5) is 0 Å². The van der Waals surface area contributed by atoms with Crippen LogP contribution in [0.1, 0.15) is 2.85 Å². The van der Waals surface area contributed by atoms with E-state index in [-0.39, 0.29) is 25.9 Å². The summed E-state index contributed by atoms with van der Waals surface area (Å²) in [6, 6.07) is 0. The second-order valence-electron chi connectivity index (χ2n) is 0.665. The van der Waals surface area contributed by atoms with Crippen molar-refractivity contribution in [2.45, 2.75) is 0 Å². The van der Waals surface area contributed by atoms with E-state index >= 15 is 0 Å². The molecule has 7 heavy (non-hydrogen) atoms. The maximum absolute atomic E-state index is 7.60. The van der Waals surface area contributed by atoms with Gasteiger partial charge in [0.05, 0.1) is 0 Å². The minimum Gasteiger partial charge on any atom is -1.00 e. The molecular weight excluding hydrogens is 132 g/mol. The normalized spacial score (nSPS) is 10.3. The van der Waals surface area contributed by atoms with Crippen LogP contribution in [0.5, 0.6) is 0 Å². The van der Waals surface area contributed by atoms with Crippen LogP contribution in [0.3, 0.4) is 0 Å². The maximum atomic E-state index is 7.60. The minimum atomic E-state index is -4.58. The van der Waals surface area contributed by atoms with Crippen LogP contribution in [-0.4, -0.2) is 51.7 Å². The molecule has 0 spiro atoms. The van der Waals surface area contributed by atoms with E-state index in [1.807, 2.05) is 0 Å². The zero-order chi connectivity index (χ0) is 5.21. The van der Waals surface area contributed by atoms with Gasteiger partial charge in [-0.05, 0) is 0 Å². The third-order valence-corrected chi connectivity index (χ3v) is 0.367. The van der Waals surface area contributed by atoms with Crippen molar-refractivity contribution in [3.63, 3.8) is 0 Å². The zero-order valence-electron chi connectivity index (χ0n) is 5.40. The van der Waals surface area contributed by atoms with Gasteiger partial charge in [0.25, 0.3) is 0 Å². The fourth-order valence-electron chi connectivity index (χ4n) is 0. The van der Waals surface area contributed by atoms with Gasteiger partial charge in [-0.1, -0.05) is 0 Å². The standard InChI is InChI=1S/Mg.H4O5Si.2H/c;1-5-6(2,3)4;;/h;1-4H;;/q+2;;2*-1. The van der Waals surface area contributed by atoms with E-state index in [1.165, 1.54) is 0 Å². The molecule has 7 heteroatoms. The first-order chi connectivity index (χ1) is 2.56. The first-order valence-corrected chi connectivity index (χ1v) is 2.81. The largest absolute Gasteiger partial charge is 2.00 e. The predicted molar refractivity (Wildman–Crippen MR) is 24.1 cm³/mol. The van der Waals surface area contributed by atoms with Gasteiger partial charge in [-0.25, -0.2) is 0 Å². The Hall–Kier alpha value is 0.783. The Bertz CT molecular complexity index is 44.7. The molecule has 0 amide bonds. The molecule has 0 aliphatic carbocycles. The third kappa shape index (κ3) is 10.8. The molecule has 0 aliphatic rings. The molecule has 0 rings (SSSR count). The molecule has 0 radical (unpaired) electrons. The topological polar surface area (TPSA) is 90.2 Å². The van der Waals surface area contributed by atoms with Gasteiger partial charge in [-0.3, -0.25) is 5.26 Å². The van der Waals surface area contributed by atoms with Crippen LogP contribution in [0.25, 0.3) is 0 Å². The summed E-state index contributed by atoms with van der Waals surface area (Å²) in [5.41, 5.74) is 0. The molecule has 42 valence electrons. The molecule has 0 unspecified atom stereocenters. The summed E-state index contributed by atoms with van der Waals surface area (Å²) >= 11 is 0. The van der Waals surface area contributed by atoms with Crippen molar-refractivity contribution in [1.82, 2.24) is 0 Å². The van der Waals surface area contributed by atoms with Gasteiger partial charge >= 0.3 is 32.1 Å². The monoisotopic (exact) mass is 138 g/mol. The molecule has 0 bridgehead atoms. The molecule has 0 saturated heterocycles. The van der Waals surface area contributed by atoms with Crippen molar-refractivity contribution in [2.24, 2.45) is 0 Å². The first-order valence-electron chi connectivity index (χ1n) is 1.06. The SMILES string of the molecule is OO[Si](O)(O)O.[H-].[H-].[Mg+2]. The molecule has 0 saturated carbocycles. The Balaban J connectivity index is -0.0000000417. The molecule has 5 nitrogen and oxygen atoms in total. The van der Waals surface area contributed by atoms with Gasteiger partial charge < -0.3 is 17.2 Å². The molecular formula is H6MgO5Si. The fourth-order valence-corrected chi connectivity index (χ4v) is 0. The summed E-state index contributed by atoms with van der Waals surface area (Å²) in [4.78, 5) is 22.8. The second-order valence-corrected chi connectivity index (χ2v) is 2.00. The smallest absolute Gasteiger partial charge is 1.00 e. The summed E-state index contributed by atoms with van der Waals surface area (Å²) < 4.78 is 2.74. The summed E-state index contributed by atoms with van der Waals surface area (Å²) in [7, 11) is -4.58. The van der Waals surface area contributed by atoms with Crippen LogP contribution in [0, 0.1) is 0 Å². The van der Waals surface area contributed by atoms with Gasteiger partial charge in [-0.15, -0.1) is 0 Å². The van der Waals surface area contributed by atoms with E-state index in [4.69, 9.17) is 19.6 Å². The molecule has 0 aliphatic heterocycles. The Morgan fingerprint density at radius 3 is 1.43 bits per heavy atom. The van der Waals surface area contributed by atoms with Crippen molar-refractivity contribution < 1.29 is 27.1 Å². The van der Waals surface area contributed by atoms with Crippen LogP contribution in [0.2, 0.25) is 0 Å². The molecule has 0 aromatic heterocycles. The van der Waals surface area contributed by atoms with Crippen molar-refractivity contribution in [1.29, 1.82) is 0 Å². The summed E-state index contributed by atoms with van der Waals surface area (Å²) in [6.07, 6.45) is 0. The fraction of sp³-hybridized carbons (Fsp3) is 0.